The lowest BCUT2D eigenvalue weighted by molar-refractivity contribution is 0.0940. The van der Waals surface area contributed by atoms with Crippen molar-refractivity contribution in [2.24, 2.45) is 5.73 Å². The number of nitrogens with one attached hydrogen (secondary N) is 1. The van der Waals surface area contributed by atoms with Crippen LogP contribution in [0.25, 0.3) is 11.0 Å². The maximum absolute atomic E-state index is 12.3. The van der Waals surface area contributed by atoms with Crippen LogP contribution in [0.15, 0.2) is 13.4 Å². The second-order valence-corrected chi connectivity index (χ2v) is 7.23. The molecular weight excluding hydrogens is 503 g/mol. The van der Waals surface area contributed by atoms with E-state index >= 15 is 0 Å². The lowest BCUT2D eigenvalue weighted by atomic mass is 10.0. The number of carbonyl (C=O) groups excluding carboxylic acids is 1. The second kappa shape index (κ2) is 7.17. The highest BCUT2D eigenvalue weighted by atomic mass is 79.9. The lowest BCUT2D eigenvalue weighted by Crippen LogP contribution is -2.31. The molecule has 0 unspecified atom stereocenters. The molecule has 0 spiro atoms. The van der Waals surface area contributed by atoms with Gasteiger partial charge < -0.3 is 15.6 Å². The van der Waals surface area contributed by atoms with Gasteiger partial charge in [-0.25, -0.2) is 4.98 Å². The van der Waals surface area contributed by atoms with Crippen LogP contribution in [0.3, 0.4) is 0 Å². The standard InChI is InChI=1S/C13H13Br3N4O.ClH/c14-7-6-2-1-5-20-11(6)10(9(16)8(7)15)19-12(20)13(21)18-4-3-17;/h1-5,17H2,(H,18,21);1H. The Morgan fingerprint density at radius 3 is 2.68 bits per heavy atom. The third-order valence-electron chi connectivity index (χ3n) is 3.55. The van der Waals surface area contributed by atoms with E-state index < -0.39 is 0 Å². The first-order valence-corrected chi connectivity index (χ1v) is 8.98. The summed E-state index contributed by atoms with van der Waals surface area (Å²) in [5, 5.41) is 2.79. The summed E-state index contributed by atoms with van der Waals surface area (Å²) in [4.78, 5) is 16.8. The van der Waals surface area contributed by atoms with Crippen molar-refractivity contribution in [1.82, 2.24) is 14.9 Å². The minimum atomic E-state index is -0.177. The van der Waals surface area contributed by atoms with E-state index in [-0.39, 0.29) is 18.3 Å². The first-order valence-electron chi connectivity index (χ1n) is 6.60. The van der Waals surface area contributed by atoms with E-state index in [4.69, 9.17) is 5.73 Å². The van der Waals surface area contributed by atoms with Gasteiger partial charge in [-0.1, -0.05) is 0 Å². The average Bonchev–Trinajstić information content (AvgIpc) is 2.89. The monoisotopic (exact) mass is 514 g/mol. The molecular formula is C13H14Br3ClN4O. The number of nitrogens with two attached hydrogens (primary N) is 1. The molecule has 1 aliphatic rings. The molecule has 1 amide bonds. The number of imidazole rings is 1. The van der Waals surface area contributed by atoms with Crippen molar-refractivity contribution in [2.75, 3.05) is 13.1 Å². The molecule has 9 heteroatoms. The zero-order chi connectivity index (χ0) is 15.1. The van der Waals surface area contributed by atoms with Crippen LogP contribution in [0.2, 0.25) is 0 Å². The molecule has 3 N–H and O–H groups in total. The second-order valence-electron chi connectivity index (χ2n) is 4.85. The zero-order valence-electron chi connectivity index (χ0n) is 11.5. The maximum Gasteiger partial charge on any atom is 0.287 e. The van der Waals surface area contributed by atoms with E-state index in [0.29, 0.717) is 18.9 Å². The van der Waals surface area contributed by atoms with Crippen LogP contribution in [0.1, 0.15) is 22.6 Å². The molecule has 0 saturated carbocycles. The summed E-state index contributed by atoms with van der Waals surface area (Å²) >= 11 is 10.8. The van der Waals surface area contributed by atoms with Crippen LogP contribution in [-0.4, -0.2) is 28.5 Å². The molecule has 0 saturated heterocycles. The van der Waals surface area contributed by atoms with Crippen molar-refractivity contribution in [3.63, 3.8) is 0 Å². The molecule has 1 aromatic carbocycles. The number of amides is 1. The number of hydrogen-bond donors (Lipinski definition) is 2. The number of rotatable bonds is 3. The third kappa shape index (κ3) is 2.84. The molecule has 0 fully saturated rings. The Kier molecular flexibility index (Phi) is 5.93. The minimum absolute atomic E-state index is 0. The Bertz CT molecular complexity index is 747. The van der Waals surface area contributed by atoms with E-state index in [1.54, 1.807) is 0 Å². The number of benzene rings is 1. The van der Waals surface area contributed by atoms with Crippen molar-refractivity contribution >= 4 is 77.1 Å². The summed E-state index contributed by atoms with van der Waals surface area (Å²) in [7, 11) is 0. The molecule has 0 aliphatic carbocycles. The Morgan fingerprint density at radius 1 is 1.27 bits per heavy atom. The van der Waals surface area contributed by atoms with Crippen LogP contribution in [0, 0.1) is 0 Å². The smallest absolute Gasteiger partial charge is 0.287 e. The predicted molar refractivity (Wildman–Crippen MR) is 99.8 cm³/mol. The van der Waals surface area contributed by atoms with Gasteiger partial charge in [0.15, 0.2) is 5.82 Å². The highest BCUT2D eigenvalue weighted by molar-refractivity contribution is 9.14. The van der Waals surface area contributed by atoms with Crippen LogP contribution < -0.4 is 11.1 Å². The number of nitrogens with zero attached hydrogens (tertiary/aromatic N) is 2. The summed E-state index contributed by atoms with van der Waals surface area (Å²) in [6, 6.07) is 0. The molecule has 0 atom stereocenters. The summed E-state index contributed by atoms with van der Waals surface area (Å²) < 4.78 is 4.82. The summed E-state index contributed by atoms with van der Waals surface area (Å²) in [6.07, 6.45) is 1.96. The van der Waals surface area contributed by atoms with Gasteiger partial charge in [0, 0.05) is 28.6 Å². The number of carbonyl (C=O) groups is 1. The summed E-state index contributed by atoms with van der Waals surface area (Å²) in [5.41, 5.74) is 8.48. The number of hydrogen-bond acceptors (Lipinski definition) is 3. The molecule has 3 rings (SSSR count). The van der Waals surface area contributed by atoms with Crippen LogP contribution in [0.5, 0.6) is 0 Å². The quantitative estimate of drug-likeness (QED) is 0.614. The lowest BCUT2D eigenvalue weighted by Gasteiger charge is -2.19. The molecule has 120 valence electrons. The normalized spacial score (nSPS) is 13.1. The number of halogens is 4. The van der Waals surface area contributed by atoms with Crippen molar-refractivity contribution in [2.45, 2.75) is 19.4 Å². The van der Waals surface area contributed by atoms with Gasteiger partial charge in [-0.05, 0) is 66.2 Å². The zero-order valence-corrected chi connectivity index (χ0v) is 17.0. The van der Waals surface area contributed by atoms with Crippen LogP contribution in [0.4, 0.5) is 0 Å². The van der Waals surface area contributed by atoms with Gasteiger partial charge >= 0.3 is 0 Å². The van der Waals surface area contributed by atoms with Crippen molar-refractivity contribution in [3.05, 3.63) is 24.8 Å². The van der Waals surface area contributed by atoms with Gasteiger partial charge in [0.25, 0.3) is 5.91 Å². The summed E-state index contributed by atoms with van der Waals surface area (Å²) in [6.45, 7) is 1.66. The summed E-state index contributed by atoms with van der Waals surface area (Å²) in [5.74, 6) is 0.272. The van der Waals surface area contributed by atoms with E-state index in [1.807, 2.05) is 4.57 Å². The van der Waals surface area contributed by atoms with Gasteiger partial charge in [0.05, 0.1) is 9.99 Å². The van der Waals surface area contributed by atoms with Crippen molar-refractivity contribution in [1.29, 1.82) is 0 Å². The van der Waals surface area contributed by atoms with E-state index in [9.17, 15) is 4.79 Å². The molecule has 5 nitrogen and oxygen atoms in total. The molecule has 1 aromatic heterocycles. The molecule has 2 aromatic rings. The average molecular weight is 517 g/mol. The van der Waals surface area contributed by atoms with Crippen LogP contribution >= 0.6 is 60.2 Å². The highest BCUT2D eigenvalue weighted by Crippen LogP contribution is 2.42. The fraction of sp³-hybridized carbons (Fsp3) is 0.385. The van der Waals surface area contributed by atoms with E-state index in [0.717, 1.165) is 43.8 Å². The fourth-order valence-corrected chi connectivity index (χ4v) is 4.40. The fourth-order valence-electron chi connectivity index (χ4n) is 2.65. The third-order valence-corrected chi connectivity index (χ3v) is 7.06. The SMILES string of the molecule is Cl.NCCNC(=O)c1nc2c(Br)c(Br)c(Br)c3c2n1CCC3. The van der Waals surface area contributed by atoms with E-state index in [2.05, 4.69) is 58.1 Å². The van der Waals surface area contributed by atoms with Gasteiger partial charge in [-0.3, -0.25) is 4.79 Å². The Labute approximate surface area is 159 Å². The number of aryl methyl sites for hydroxylation is 2. The molecule has 0 radical (unpaired) electrons. The largest absolute Gasteiger partial charge is 0.348 e. The molecule has 1 aliphatic heterocycles. The van der Waals surface area contributed by atoms with Crippen molar-refractivity contribution < 1.29 is 4.79 Å². The maximum atomic E-state index is 12.3. The topological polar surface area (TPSA) is 72.9 Å². The van der Waals surface area contributed by atoms with Crippen molar-refractivity contribution in [3.8, 4) is 0 Å². The molecule has 2 heterocycles. The Hall–Kier alpha value is -0.150. The van der Waals surface area contributed by atoms with Gasteiger partial charge in [-0.2, -0.15) is 0 Å². The number of aromatic nitrogens is 2. The van der Waals surface area contributed by atoms with Gasteiger partial charge in [0.2, 0.25) is 0 Å². The van der Waals surface area contributed by atoms with Gasteiger partial charge in [-0.15, -0.1) is 12.4 Å². The first-order chi connectivity index (χ1) is 10.1. The molecule has 22 heavy (non-hydrogen) atoms. The van der Waals surface area contributed by atoms with Crippen LogP contribution in [-0.2, 0) is 13.0 Å². The first kappa shape index (κ1) is 18.2. The van der Waals surface area contributed by atoms with Gasteiger partial charge in [0.1, 0.15) is 5.52 Å². The highest BCUT2D eigenvalue weighted by Gasteiger charge is 2.27. The Balaban J connectivity index is 0.00000176. The minimum Gasteiger partial charge on any atom is -0.348 e. The predicted octanol–water partition coefficient (Wildman–Crippen LogP) is 3.38. The molecule has 0 bridgehead atoms. The van der Waals surface area contributed by atoms with E-state index in [1.165, 1.54) is 5.56 Å². The Morgan fingerprint density at radius 2 is 2.00 bits per heavy atom.